The van der Waals surface area contributed by atoms with E-state index in [1.165, 1.54) is 6.92 Å². The Morgan fingerprint density at radius 2 is 1.92 bits per heavy atom. The molecule has 0 bridgehead atoms. The van der Waals surface area contributed by atoms with Crippen LogP contribution < -0.4 is 0 Å². The van der Waals surface area contributed by atoms with E-state index in [1.54, 1.807) is 13.8 Å². The number of aliphatic hydroxyl groups excluding tert-OH is 1. The predicted molar refractivity (Wildman–Crippen MR) is 86.4 cm³/mol. The largest absolute Gasteiger partial charge is 0.463 e. The Labute approximate surface area is 146 Å². The molecule has 0 aliphatic carbocycles. The Morgan fingerprint density at radius 3 is 2.56 bits per heavy atom. The lowest BCUT2D eigenvalue weighted by Gasteiger charge is -2.34. The molecule has 1 aromatic carbocycles. The molecule has 2 heterocycles. The highest BCUT2D eigenvalue weighted by molar-refractivity contribution is 5.66. The summed E-state index contributed by atoms with van der Waals surface area (Å²) < 4.78 is 28.7. The second kappa shape index (κ2) is 7.01. The van der Waals surface area contributed by atoms with Gasteiger partial charge >= 0.3 is 5.97 Å². The lowest BCUT2D eigenvalue weighted by atomic mass is 9.96. The lowest BCUT2D eigenvalue weighted by molar-refractivity contribution is -0.260. The molecule has 0 radical (unpaired) electrons. The topological polar surface area (TPSA) is 83.5 Å². The first kappa shape index (κ1) is 18.3. The maximum absolute atomic E-state index is 11.2. The third-order valence-electron chi connectivity index (χ3n) is 4.32. The fourth-order valence-corrected chi connectivity index (χ4v) is 3.17. The Bertz CT molecular complexity index is 603. The van der Waals surface area contributed by atoms with Crippen molar-refractivity contribution < 1.29 is 33.6 Å². The van der Waals surface area contributed by atoms with Gasteiger partial charge in [0.25, 0.3) is 0 Å². The van der Waals surface area contributed by atoms with Crippen LogP contribution >= 0.6 is 0 Å². The Balaban J connectivity index is 1.79. The van der Waals surface area contributed by atoms with Crippen molar-refractivity contribution in [3.63, 3.8) is 0 Å². The molecule has 7 heteroatoms. The number of fused-ring (bicyclic) bond motifs is 1. The maximum atomic E-state index is 11.2. The molecule has 138 valence electrons. The zero-order valence-electron chi connectivity index (χ0n) is 14.6. The number of esters is 1. The molecule has 4 atom stereocenters. The first-order chi connectivity index (χ1) is 11.9. The number of benzene rings is 1. The normalized spacial score (nSPS) is 33.2. The zero-order valence-corrected chi connectivity index (χ0v) is 14.6. The van der Waals surface area contributed by atoms with Gasteiger partial charge in [-0.3, -0.25) is 4.79 Å². The summed E-state index contributed by atoms with van der Waals surface area (Å²) in [5, 5.41) is 9.97. The molecule has 2 saturated heterocycles. The van der Waals surface area contributed by atoms with Crippen molar-refractivity contribution in [3.05, 3.63) is 35.9 Å². The predicted octanol–water partition coefficient (Wildman–Crippen LogP) is 1.37. The molecule has 0 saturated carbocycles. The van der Waals surface area contributed by atoms with E-state index in [9.17, 15) is 9.90 Å². The molecular weight excluding hydrogens is 328 g/mol. The summed E-state index contributed by atoms with van der Waals surface area (Å²) >= 11 is 0. The third-order valence-corrected chi connectivity index (χ3v) is 4.32. The summed E-state index contributed by atoms with van der Waals surface area (Å²) in [6.45, 7) is 4.66. The molecule has 1 aromatic rings. The van der Waals surface area contributed by atoms with Gasteiger partial charge in [0, 0.05) is 6.92 Å². The van der Waals surface area contributed by atoms with Gasteiger partial charge in [-0.05, 0) is 19.4 Å². The van der Waals surface area contributed by atoms with Gasteiger partial charge in [-0.1, -0.05) is 30.3 Å². The van der Waals surface area contributed by atoms with Gasteiger partial charge in [0.15, 0.2) is 17.7 Å². The van der Waals surface area contributed by atoms with Gasteiger partial charge in [-0.15, -0.1) is 0 Å². The number of hydrogen-bond donors (Lipinski definition) is 1. The Kier molecular flexibility index (Phi) is 5.13. The fraction of sp³-hybridized carbons (Fsp3) is 0.611. The number of aliphatic hydroxyl groups is 1. The van der Waals surface area contributed by atoms with E-state index < -0.39 is 35.9 Å². The minimum atomic E-state index is -1.23. The fourth-order valence-electron chi connectivity index (χ4n) is 3.17. The van der Waals surface area contributed by atoms with Crippen LogP contribution in [0.1, 0.15) is 26.3 Å². The summed E-state index contributed by atoms with van der Waals surface area (Å²) in [4.78, 5) is 11.2. The number of carbonyl (C=O) groups excluding carboxylic acids is 1. The number of rotatable bonds is 6. The van der Waals surface area contributed by atoms with Gasteiger partial charge in [0.2, 0.25) is 0 Å². The first-order valence-electron chi connectivity index (χ1n) is 8.28. The standard InChI is InChI=1S/C18H24O7/c1-12(20)22-11-18(10-19)15(21-9-13-7-5-4-6-8-13)14-16(25-18)24-17(2,3)23-14/h4-8,14-16,19H,9-11H2,1-3H3/t14?,15?,16?,18-/m0/s1. The highest BCUT2D eigenvalue weighted by Crippen LogP contribution is 2.44. The smallest absolute Gasteiger partial charge is 0.302 e. The van der Waals surface area contributed by atoms with E-state index in [0.29, 0.717) is 6.61 Å². The van der Waals surface area contributed by atoms with Crippen LogP contribution in [0.5, 0.6) is 0 Å². The van der Waals surface area contributed by atoms with Crippen molar-refractivity contribution in [2.24, 2.45) is 0 Å². The Hall–Kier alpha value is -1.51. The van der Waals surface area contributed by atoms with Crippen LogP contribution in [0.3, 0.4) is 0 Å². The van der Waals surface area contributed by atoms with Crippen molar-refractivity contribution in [1.82, 2.24) is 0 Å². The van der Waals surface area contributed by atoms with E-state index in [2.05, 4.69) is 0 Å². The molecule has 0 amide bonds. The Morgan fingerprint density at radius 1 is 1.20 bits per heavy atom. The van der Waals surface area contributed by atoms with Gasteiger partial charge in [0.1, 0.15) is 18.8 Å². The quantitative estimate of drug-likeness (QED) is 0.774. The molecule has 2 fully saturated rings. The van der Waals surface area contributed by atoms with Gasteiger partial charge in [-0.25, -0.2) is 0 Å². The van der Waals surface area contributed by atoms with Gasteiger partial charge in [0.05, 0.1) is 13.2 Å². The summed E-state index contributed by atoms with van der Waals surface area (Å²) in [6.07, 6.45) is -1.87. The number of carbonyl (C=O) groups is 1. The summed E-state index contributed by atoms with van der Waals surface area (Å²) in [5.41, 5.74) is -0.254. The van der Waals surface area contributed by atoms with E-state index in [0.717, 1.165) is 5.56 Å². The van der Waals surface area contributed by atoms with Crippen LogP contribution in [0.25, 0.3) is 0 Å². The summed E-state index contributed by atoms with van der Waals surface area (Å²) in [7, 11) is 0. The first-order valence-corrected chi connectivity index (χ1v) is 8.28. The highest BCUT2D eigenvalue weighted by atomic mass is 16.8. The van der Waals surface area contributed by atoms with Crippen molar-refractivity contribution in [2.45, 2.75) is 57.3 Å². The van der Waals surface area contributed by atoms with Gasteiger partial charge < -0.3 is 28.8 Å². The van der Waals surface area contributed by atoms with E-state index in [1.807, 2.05) is 30.3 Å². The van der Waals surface area contributed by atoms with Crippen LogP contribution in [0.4, 0.5) is 0 Å². The number of hydrogen-bond acceptors (Lipinski definition) is 7. The van der Waals surface area contributed by atoms with Crippen molar-refractivity contribution in [2.75, 3.05) is 13.2 Å². The second-order valence-corrected chi connectivity index (χ2v) is 6.81. The van der Waals surface area contributed by atoms with Crippen LogP contribution in [0.15, 0.2) is 30.3 Å². The number of ether oxygens (including phenoxy) is 5. The molecule has 3 unspecified atom stereocenters. The molecule has 3 rings (SSSR count). The second-order valence-electron chi connectivity index (χ2n) is 6.81. The molecule has 0 spiro atoms. The minimum absolute atomic E-state index is 0.140. The average Bonchev–Trinajstić information content (AvgIpc) is 3.01. The van der Waals surface area contributed by atoms with Crippen molar-refractivity contribution in [1.29, 1.82) is 0 Å². The monoisotopic (exact) mass is 352 g/mol. The molecule has 2 aliphatic rings. The third kappa shape index (κ3) is 3.86. The maximum Gasteiger partial charge on any atom is 0.302 e. The average molecular weight is 352 g/mol. The molecule has 0 aromatic heterocycles. The highest BCUT2D eigenvalue weighted by Gasteiger charge is 2.63. The molecule has 2 aliphatic heterocycles. The van der Waals surface area contributed by atoms with E-state index in [-0.39, 0.29) is 13.2 Å². The molecule has 1 N–H and O–H groups in total. The van der Waals surface area contributed by atoms with Crippen LogP contribution in [-0.2, 0) is 35.1 Å². The summed E-state index contributed by atoms with van der Waals surface area (Å²) in [5.74, 6) is -1.27. The van der Waals surface area contributed by atoms with E-state index >= 15 is 0 Å². The van der Waals surface area contributed by atoms with Crippen molar-refractivity contribution in [3.8, 4) is 0 Å². The SMILES string of the molecule is CC(=O)OC[C@]1(CO)OC2OC(C)(C)OC2C1OCc1ccccc1. The van der Waals surface area contributed by atoms with Gasteiger partial charge in [-0.2, -0.15) is 0 Å². The van der Waals surface area contributed by atoms with Crippen LogP contribution in [0.2, 0.25) is 0 Å². The molecular formula is C18H24O7. The summed E-state index contributed by atoms with van der Waals surface area (Å²) in [6, 6.07) is 9.64. The van der Waals surface area contributed by atoms with Crippen LogP contribution in [0, 0.1) is 0 Å². The molecule has 7 nitrogen and oxygen atoms in total. The van der Waals surface area contributed by atoms with Crippen molar-refractivity contribution >= 4 is 5.97 Å². The molecule has 25 heavy (non-hydrogen) atoms. The van der Waals surface area contributed by atoms with Crippen LogP contribution in [-0.4, -0.2) is 54.2 Å². The minimum Gasteiger partial charge on any atom is -0.463 e. The van der Waals surface area contributed by atoms with E-state index in [4.69, 9.17) is 23.7 Å². The lowest BCUT2D eigenvalue weighted by Crippen LogP contribution is -2.52. The zero-order chi connectivity index (χ0) is 18.1.